The van der Waals surface area contributed by atoms with Crippen molar-refractivity contribution in [2.45, 2.75) is 26.2 Å². The van der Waals surface area contributed by atoms with Crippen LogP contribution in [0.2, 0.25) is 0 Å². The van der Waals surface area contributed by atoms with Crippen LogP contribution >= 0.6 is 0 Å². The van der Waals surface area contributed by atoms with Gasteiger partial charge in [0.1, 0.15) is 0 Å². The third-order valence-electron chi connectivity index (χ3n) is 4.13. The predicted octanol–water partition coefficient (Wildman–Crippen LogP) is 5.50. The average Bonchev–Trinajstić information content (AvgIpc) is 2.53. The zero-order chi connectivity index (χ0) is 16.6. The molecule has 1 N–H and O–H groups in total. The van der Waals surface area contributed by atoms with Crippen LogP contribution in [0.4, 0.5) is 0 Å². The molecule has 0 unspecified atom stereocenters. The summed E-state index contributed by atoms with van der Waals surface area (Å²) in [5.41, 5.74) is 4.08. The van der Waals surface area contributed by atoms with Crippen LogP contribution in [0.1, 0.15) is 36.7 Å². The molecule has 0 atom stereocenters. The summed E-state index contributed by atoms with van der Waals surface area (Å²) in [5.74, 6) is -0.894. The lowest BCUT2D eigenvalue weighted by Gasteiger charge is -2.23. The summed E-state index contributed by atoms with van der Waals surface area (Å²) in [6.07, 6.45) is 0. The molecule has 0 bridgehead atoms. The summed E-state index contributed by atoms with van der Waals surface area (Å²) < 4.78 is 0. The molecular formula is C21H20O2. The predicted molar refractivity (Wildman–Crippen MR) is 95.0 cm³/mol. The van der Waals surface area contributed by atoms with E-state index in [0.717, 1.165) is 16.3 Å². The molecule has 0 aromatic heterocycles. The van der Waals surface area contributed by atoms with Gasteiger partial charge < -0.3 is 5.11 Å². The maximum absolute atomic E-state index is 11.1. The van der Waals surface area contributed by atoms with Crippen molar-refractivity contribution < 1.29 is 9.90 Å². The van der Waals surface area contributed by atoms with E-state index in [-0.39, 0.29) is 5.41 Å². The largest absolute Gasteiger partial charge is 0.478 e. The van der Waals surface area contributed by atoms with E-state index in [2.05, 4.69) is 57.2 Å². The van der Waals surface area contributed by atoms with Crippen molar-refractivity contribution in [3.05, 3.63) is 71.8 Å². The zero-order valence-electron chi connectivity index (χ0n) is 13.6. The molecule has 116 valence electrons. The van der Waals surface area contributed by atoms with Gasteiger partial charge in [-0.15, -0.1) is 0 Å². The fraction of sp³-hybridized carbons (Fsp3) is 0.190. The van der Waals surface area contributed by atoms with Gasteiger partial charge in [-0.3, -0.25) is 0 Å². The molecule has 2 nitrogen and oxygen atoms in total. The van der Waals surface area contributed by atoms with Gasteiger partial charge in [-0.2, -0.15) is 0 Å². The van der Waals surface area contributed by atoms with Gasteiger partial charge in [0.15, 0.2) is 0 Å². The molecule has 0 heterocycles. The minimum absolute atomic E-state index is 0.0682. The molecule has 0 saturated carbocycles. The Bertz CT molecular complexity index is 886. The van der Waals surface area contributed by atoms with Crippen LogP contribution in [-0.4, -0.2) is 11.1 Å². The third-order valence-corrected chi connectivity index (χ3v) is 4.13. The summed E-state index contributed by atoms with van der Waals surface area (Å²) >= 11 is 0. The maximum atomic E-state index is 11.1. The highest BCUT2D eigenvalue weighted by atomic mass is 16.4. The molecule has 0 aliphatic carbocycles. The van der Waals surface area contributed by atoms with E-state index >= 15 is 0 Å². The number of fused-ring (bicyclic) bond motifs is 1. The van der Waals surface area contributed by atoms with Crippen LogP contribution in [0.3, 0.4) is 0 Å². The van der Waals surface area contributed by atoms with E-state index in [4.69, 9.17) is 5.11 Å². The lowest BCUT2D eigenvalue weighted by molar-refractivity contribution is 0.0697. The highest BCUT2D eigenvalue weighted by Crippen LogP contribution is 2.34. The van der Waals surface area contributed by atoms with Gasteiger partial charge in [0.2, 0.25) is 0 Å². The number of carboxylic acid groups (broad SMARTS) is 1. The van der Waals surface area contributed by atoms with Crippen LogP contribution in [0, 0.1) is 0 Å². The lowest BCUT2D eigenvalue weighted by atomic mass is 9.81. The third kappa shape index (κ3) is 2.98. The molecule has 2 heteroatoms. The van der Waals surface area contributed by atoms with Crippen molar-refractivity contribution in [1.29, 1.82) is 0 Å². The summed E-state index contributed by atoms with van der Waals surface area (Å²) in [4.78, 5) is 11.1. The Morgan fingerprint density at radius 2 is 1.52 bits per heavy atom. The van der Waals surface area contributed by atoms with Crippen molar-refractivity contribution >= 4 is 16.7 Å². The van der Waals surface area contributed by atoms with Gasteiger partial charge in [-0.1, -0.05) is 63.2 Å². The van der Waals surface area contributed by atoms with Crippen LogP contribution in [0.5, 0.6) is 0 Å². The van der Waals surface area contributed by atoms with E-state index in [1.165, 1.54) is 11.1 Å². The first-order valence-corrected chi connectivity index (χ1v) is 7.73. The van der Waals surface area contributed by atoms with E-state index in [9.17, 15) is 4.79 Å². The number of rotatable bonds is 2. The Hall–Kier alpha value is -2.61. The Kier molecular flexibility index (Phi) is 3.69. The number of hydrogen-bond donors (Lipinski definition) is 1. The SMILES string of the molecule is CC(C)(C)c1ccccc1-c1ccc2cc(C(=O)O)ccc2c1. The Morgan fingerprint density at radius 3 is 2.22 bits per heavy atom. The van der Waals surface area contributed by atoms with Crippen LogP contribution in [0.15, 0.2) is 60.7 Å². The quantitative estimate of drug-likeness (QED) is 0.678. The summed E-state index contributed by atoms with van der Waals surface area (Å²) in [7, 11) is 0. The van der Waals surface area contributed by atoms with Gasteiger partial charge >= 0.3 is 5.97 Å². The number of hydrogen-bond acceptors (Lipinski definition) is 1. The molecule has 0 saturated heterocycles. The molecule has 3 aromatic carbocycles. The second kappa shape index (κ2) is 5.54. The van der Waals surface area contributed by atoms with E-state index in [0.29, 0.717) is 5.56 Å². The fourth-order valence-corrected chi connectivity index (χ4v) is 2.94. The van der Waals surface area contributed by atoms with Crippen molar-refractivity contribution in [2.75, 3.05) is 0 Å². The first kappa shape index (κ1) is 15.3. The summed E-state index contributed by atoms with van der Waals surface area (Å²) in [6, 6.07) is 19.9. The van der Waals surface area contributed by atoms with Crippen LogP contribution < -0.4 is 0 Å². The summed E-state index contributed by atoms with van der Waals surface area (Å²) in [5, 5.41) is 11.1. The second-order valence-electron chi connectivity index (χ2n) is 6.88. The van der Waals surface area contributed by atoms with E-state index < -0.39 is 5.97 Å². The van der Waals surface area contributed by atoms with E-state index in [1.807, 2.05) is 12.1 Å². The molecule has 0 amide bonds. The van der Waals surface area contributed by atoms with Gasteiger partial charge in [0.05, 0.1) is 5.56 Å². The van der Waals surface area contributed by atoms with Crippen molar-refractivity contribution in [1.82, 2.24) is 0 Å². The molecule has 3 rings (SSSR count). The highest BCUT2D eigenvalue weighted by Gasteiger charge is 2.18. The van der Waals surface area contributed by atoms with Gasteiger partial charge in [-0.05, 0) is 51.1 Å². The molecule has 0 spiro atoms. The zero-order valence-corrected chi connectivity index (χ0v) is 13.6. The van der Waals surface area contributed by atoms with Crippen molar-refractivity contribution in [3.63, 3.8) is 0 Å². The smallest absolute Gasteiger partial charge is 0.335 e. The van der Waals surface area contributed by atoms with E-state index in [1.54, 1.807) is 12.1 Å². The van der Waals surface area contributed by atoms with Crippen LogP contribution in [-0.2, 0) is 5.41 Å². The number of benzene rings is 3. The minimum atomic E-state index is -0.894. The molecule has 0 aliphatic heterocycles. The Morgan fingerprint density at radius 1 is 0.870 bits per heavy atom. The average molecular weight is 304 g/mol. The molecule has 0 fully saturated rings. The standard InChI is InChI=1S/C21H20O2/c1-21(2,3)19-7-5-4-6-18(19)16-10-8-15-13-17(20(22)23)11-9-14(15)12-16/h4-13H,1-3H3,(H,22,23). The molecule has 0 radical (unpaired) electrons. The van der Waals surface area contributed by atoms with Gasteiger partial charge in [0, 0.05) is 0 Å². The molecule has 23 heavy (non-hydrogen) atoms. The number of carboxylic acids is 1. The number of carbonyl (C=O) groups is 1. The lowest BCUT2D eigenvalue weighted by Crippen LogP contribution is -2.12. The molecular weight excluding hydrogens is 284 g/mol. The first-order chi connectivity index (χ1) is 10.9. The normalized spacial score (nSPS) is 11.6. The minimum Gasteiger partial charge on any atom is -0.478 e. The van der Waals surface area contributed by atoms with Crippen molar-refractivity contribution in [2.24, 2.45) is 0 Å². The molecule has 3 aromatic rings. The summed E-state index contributed by atoms with van der Waals surface area (Å²) in [6.45, 7) is 6.64. The van der Waals surface area contributed by atoms with Crippen molar-refractivity contribution in [3.8, 4) is 11.1 Å². The maximum Gasteiger partial charge on any atom is 0.335 e. The fourth-order valence-electron chi connectivity index (χ4n) is 2.94. The molecule has 0 aliphatic rings. The van der Waals surface area contributed by atoms with Crippen LogP contribution in [0.25, 0.3) is 21.9 Å². The monoisotopic (exact) mass is 304 g/mol. The number of aromatic carboxylic acids is 1. The Balaban J connectivity index is 2.15. The van der Waals surface area contributed by atoms with Gasteiger partial charge in [-0.25, -0.2) is 4.79 Å². The first-order valence-electron chi connectivity index (χ1n) is 7.73. The second-order valence-corrected chi connectivity index (χ2v) is 6.88. The topological polar surface area (TPSA) is 37.3 Å². The Labute approximate surface area is 136 Å². The highest BCUT2D eigenvalue weighted by molar-refractivity contribution is 5.95. The van der Waals surface area contributed by atoms with Gasteiger partial charge in [0.25, 0.3) is 0 Å².